The number of unbranched alkanes of at least 4 members (excludes halogenated alkanes) is 4. The Labute approximate surface area is 451 Å². The molecule has 0 spiro atoms. The topological polar surface area (TPSA) is 26.3 Å². The van der Waals surface area contributed by atoms with E-state index in [1.807, 2.05) is 0 Å². The van der Waals surface area contributed by atoms with Crippen LogP contribution in [0.2, 0.25) is 0 Å². The Balaban J connectivity index is 0.921. The second kappa shape index (κ2) is 37.8. The van der Waals surface area contributed by atoms with E-state index in [9.17, 15) is 4.79 Å². The van der Waals surface area contributed by atoms with Gasteiger partial charge in [0.05, 0.1) is 0 Å². The summed E-state index contributed by atoms with van der Waals surface area (Å²) in [6.07, 6.45) is 89.6. The van der Waals surface area contributed by atoms with Crippen LogP contribution in [-0.2, 0) is 9.53 Å². The molecule has 0 heterocycles. The van der Waals surface area contributed by atoms with Gasteiger partial charge in [-0.15, -0.1) is 0 Å². The zero-order valence-electron chi connectivity index (χ0n) is 47.8. The summed E-state index contributed by atoms with van der Waals surface area (Å²) < 4.78 is 6.16. The van der Waals surface area contributed by atoms with Crippen LogP contribution in [0.15, 0.2) is 157 Å². The predicted octanol–water partition coefficient (Wildman–Crippen LogP) is 21.7. The highest BCUT2D eigenvalue weighted by molar-refractivity contribution is 5.69. The minimum Gasteiger partial charge on any atom is -0.462 e. The predicted molar refractivity (Wildman–Crippen MR) is 321 cm³/mol. The summed E-state index contributed by atoms with van der Waals surface area (Å²) in [7, 11) is 0. The maximum atomic E-state index is 12.9. The maximum Gasteiger partial charge on any atom is 0.306 e. The SMILES string of the molecule is CC/C=C\C/C=C\C/C=C\C/C=C\C/C=C\C/C=C\C/C=C\C/C=C\C/C=C\C/C=C\C/C=C\C/C=C\CCCCCCC(=O)OC1CCC2(C)C(=CCC3C2CCC2(C)C(C(C)CCCC(C)C)CCC32)C1. The largest absolute Gasteiger partial charge is 0.462 e. The lowest BCUT2D eigenvalue weighted by molar-refractivity contribution is -0.151. The van der Waals surface area contributed by atoms with Crippen LogP contribution < -0.4 is 0 Å². The quantitative estimate of drug-likeness (QED) is 0.0355. The van der Waals surface area contributed by atoms with Crippen molar-refractivity contribution < 1.29 is 9.53 Å². The fourth-order valence-electron chi connectivity index (χ4n) is 13.1. The van der Waals surface area contributed by atoms with Gasteiger partial charge in [-0.1, -0.05) is 231 Å². The van der Waals surface area contributed by atoms with Gasteiger partial charge in [0.1, 0.15) is 6.10 Å². The van der Waals surface area contributed by atoms with Gasteiger partial charge in [-0.25, -0.2) is 0 Å². The summed E-state index contributed by atoms with van der Waals surface area (Å²) in [5.41, 5.74) is 2.48. The Morgan fingerprint density at radius 2 is 1.00 bits per heavy atom. The molecule has 2 nitrogen and oxygen atoms in total. The first-order valence-electron chi connectivity index (χ1n) is 30.4. The summed E-state index contributed by atoms with van der Waals surface area (Å²) >= 11 is 0. The van der Waals surface area contributed by atoms with Crippen LogP contribution >= 0.6 is 0 Å². The summed E-state index contributed by atoms with van der Waals surface area (Å²) in [6.45, 7) is 14.8. The van der Waals surface area contributed by atoms with E-state index in [0.717, 1.165) is 145 Å². The van der Waals surface area contributed by atoms with Gasteiger partial charge in [-0.05, 0) is 188 Å². The average Bonchev–Trinajstić information content (AvgIpc) is 3.74. The van der Waals surface area contributed by atoms with Gasteiger partial charge in [-0.2, -0.15) is 0 Å². The molecule has 4 aliphatic carbocycles. The first-order chi connectivity index (χ1) is 35.7. The van der Waals surface area contributed by atoms with Crippen molar-refractivity contribution in [2.75, 3.05) is 0 Å². The van der Waals surface area contributed by atoms with Gasteiger partial charge in [0, 0.05) is 12.8 Å². The molecule has 0 aromatic carbocycles. The van der Waals surface area contributed by atoms with Crippen molar-refractivity contribution in [1.82, 2.24) is 0 Å². The van der Waals surface area contributed by atoms with Gasteiger partial charge < -0.3 is 4.74 Å². The number of esters is 1. The van der Waals surface area contributed by atoms with Crippen LogP contribution in [0, 0.1) is 46.3 Å². The summed E-state index contributed by atoms with van der Waals surface area (Å²) in [5, 5.41) is 0. The standard InChI is InChI=1S/C71H108O2/c1-7-8-9-10-11-12-13-14-15-16-17-18-19-20-21-22-23-24-25-26-27-28-29-30-31-32-33-34-35-36-37-38-39-40-41-42-43-44-45-46-47-51-69(72)73-64-56-58-70(5)63(60-64)52-53-65-67-55-54-66(62(4)50-48-49-61(2)3)71(67,6)59-57-68(65)70/h8-9,11-12,14-15,17-18,20-21,23-24,26-27,29-30,32-33,35-36,38-39,41-42,52,61-62,64-68H,7,10,13,16,19,22,25,28,31,34,37,40,43-51,53-60H2,1-6H3/b9-8-,12-11-,15-14-,18-17-,21-20-,24-23-,27-26-,30-29-,33-32-,36-35-,39-38-,42-41-. The molecule has 8 atom stereocenters. The van der Waals surface area contributed by atoms with Crippen molar-refractivity contribution in [3.05, 3.63) is 157 Å². The minimum absolute atomic E-state index is 0.0324. The van der Waals surface area contributed by atoms with E-state index in [0.29, 0.717) is 17.3 Å². The first kappa shape index (κ1) is 61.6. The molecular weight excluding hydrogens is 885 g/mol. The average molecular weight is 994 g/mol. The molecule has 0 bridgehead atoms. The Morgan fingerprint density at radius 3 is 1.48 bits per heavy atom. The molecule has 0 aromatic heterocycles. The highest BCUT2D eigenvalue weighted by atomic mass is 16.5. The van der Waals surface area contributed by atoms with Crippen LogP contribution in [0.3, 0.4) is 0 Å². The lowest BCUT2D eigenvalue weighted by Gasteiger charge is -2.58. The fourth-order valence-corrected chi connectivity index (χ4v) is 13.1. The molecule has 2 heteroatoms. The van der Waals surface area contributed by atoms with E-state index >= 15 is 0 Å². The zero-order valence-corrected chi connectivity index (χ0v) is 47.8. The number of carbonyl (C=O) groups is 1. The molecule has 73 heavy (non-hydrogen) atoms. The molecule has 0 radical (unpaired) electrons. The van der Waals surface area contributed by atoms with E-state index in [2.05, 4.69) is 193 Å². The highest BCUT2D eigenvalue weighted by Crippen LogP contribution is 2.67. The van der Waals surface area contributed by atoms with Gasteiger partial charge in [0.25, 0.3) is 0 Å². The van der Waals surface area contributed by atoms with Crippen LogP contribution in [0.1, 0.15) is 228 Å². The summed E-state index contributed by atoms with van der Waals surface area (Å²) in [5.74, 6) is 5.21. The van der Waals surface area contributed by atoms with E-state index in [-0.39, 0.29) is 12.1 Å². The third-order valence-electron chi connectivity index (χ3n) is 17.3. The Kier molecular flexibility index (Phi) is 31.9. The van der Waals surface area contributed by atoms with Crippen LogP contribution in [-0.4, -0.2) is 12.1 Å². The number of rotatable bonds is 36. The Bertz CT molecular complexity index is 1900. The molecule has 3 fully saturated rings. The molecule has 4 rings (SSSR count). The molecule has 404 valence electrons. The van der Waals surface area contributed by atoms with Crippen molar-refractivity contribution in [2.24, 2.45) is 46.3 Å². The summed E-state index contributed by atoms with van der Waals surface area (Å²) in [4.78, 5) is 12.9. The molecule has 0 saturated heterocycles. The normalized spacial score (nSPS) is 26.5. The van der Waals surface area contributed by atoms with Gasteiger partial charge in [-0.3, -0.25) is 4.79 Å². The molecule has 0 N–H and O–H groups in total. The molecule has 3 saturated carbocycles. The molecule has 0 amide bonds. The number of hydrogen-bond acceptors (Lipinski definition) is 2. The number of fused-ring (bicyclic) bond motifs is 5. The van der Waals surface area contributed by atoms with Crippen LogP contribution in [0.25, 0.3) is 0 Å². The molecule has 0 aliphatic heterocycles. The van der Waals surface area contributed by atoms with Crippen LogP contribution in [0.4, 0.5) is 0 Å². The third-order valence-corrected chi connectivity index (χ3v) is 17.3. The van der Waals surface area contributed by atoms with E-state index < -0.39 is 0 Å². The zero-order chi connectivity index (χ0) is 52.1. The summed E-state index contributed by atoms with van der Waals surface area (Å²) in [6, 6.07) is 0. The molecule has 0 aromatic rings. The van der Waals surface area contributed by atoms with E-state index in [1.165, 1.54) is 70.6 Å². The van der Waals surface area contributed by atoms with Crippen LogP contribution in [0.5, 0.6) is 0 Å². The fraction of sp³-hybridized carbons (Fsp3) is 0.620. The minimum atomic E-state index is 0.0324. The molecular formula is C71H108O2. The van der Waals surface area contributed by atoms with Crippen molar-refractivity contribution in [3.8, 4) is 0 Å². The lowest BCUT2D eigenvalue weighted by atomic mass is 9.47. The van der Waals surface area contributed by atoms with Crippen molar-refractivity contribution in [3.63, 3.8) is 0 Å². The van der Waals surface area contributed by atoms with Gasteiger partial charge in [0.2, 0.25) is 0 Å². The third kappa shape index (κ3) is 24.1. The number of ether oxygens (including phenoxy) is 1. The second-order valence-electron chi connectivity index (χ2n) is 23.3. The smallest absolute Gasteiger partial charge is 0.306 e. The second-order valence-corrected chi connectivity index (χ2v) is 23.3. The molecule has 4 aliphatic rings. The maximum absolute atomic E-state index is 12.9. The molecule has 8 unspecified atom stereocenters. The van der Waals surface area contributed by atoms with Crippen molar-refractivity contribution in [2.45, 2.75) is 234 Å². The van der Waals surface area contributed by atoms with Gasteiger partial charge >= 0.3 is 5.97 Å². The lowest BCUT2D eigenvalue weighted by Crippen LogP contribution is -2.51. The Hall–Kier alpha value is -3.91. The van der Waals surface area contributed by atoms with E-state index in [4.69, 9.17) is 4.74 Å². The highest BCUT2D eigenvalue weighted by Gasteiger charge is 2.59. The monoisotopic (exact) mass is 993 g/mol. The number of allylic oxidation sites excluding steroid dienone is 25. The van der Waals surface area contributed by atoms with Gasteiger partial charge in [0.15, 0.2) is 0 Å². The van der Waals surface area contributed by atoms with Crippen molar-refractivity contribution >= 4 is 5.97 Å². The number of carbonyl (C=O) groups excluding carboxylic acids is 1. The van der Waals surface area contributed by atoms with E-state index in [1.54, 1.807) is 5.57 Å². The first-order valence-corrected chi connectivity index (χ1v) is 30.4. The Morgan fingerprint density at radius 1 is 0.534 bits per heavy atom. The van der Waals surface area contributed by atoms with Crippen molar-refractivity contribution in [1.29, 1.82) is 0 Å². The number of hydrogen-bond donors (Lipinski definition) is 0.